The van der Waals surface area contributed by atoms with E-state index < -0.39 is 94.7 Å². The summed E-state index contributed by atoms with van der Waals surface area (Å²) < 4.78 is 53.0. The molecule has 2 spiro atoms. The highest BCUT2D eigenvalue weighted by atomic mass is 35.5. The number of carboxylic acids is 1. The van der Waals surface area contributed by atoms with Gasteiger partial charge in [-0.05, 0) is 66.1 Å². The summed E-state index contributed by atoms with van der Waals surface area (Å²) in [7, 11) is 0. The van der Waals surface area contributed by atoms with Crippen LogP contribution in [-0.4, -0.2) is 81.6 Å². The molecule has 1 unspecified atom stereocenters. The molecule has 0 radical (unpaired) electrons. The van der Waals surface area contributed by atoms with E-state index in [4.69, 9.17) is 27.9 Å². The highest BCUT2D eigenvalue weighted by Gasteiger charge is 2.82. The average Bonchev–Trinajstić information content (AvgIpc) is 3.64. The Hall–Kier alpha value is -4.53. The fraction of sp³-hybridized carbons (Fsp3) is 0.381. The predicted octanol–water partition coefficient (Wildman–Crippen LogP) is 6.87. The fourth-order valence-electron chi connectivity index (χ4n) is 10.2. The van der Waals surface area contributed by atoms with E-state index in [1.54, 1.807) is 77.7 Å². The number of aliphatic carboxylic acids is 1. The van der Waals surface area contributed by atoms with E-state index in [1.165, 1.54) is 18.3 Å². The molecule has 3 aromatic carbocycles. The molecule has 4 aromatic rings. The van der Waals surface area contributed by atoms with Crippen molar-refractivity contribution < 1.29 is 42.5 Å². The lowest BCUT2D eigenvalue weighted by molar-refractivity contribution is -0.166. The van der Waals surface area contributed by atoms with E-state index in [0.29, 0.717) is 16.7 Å². The van der Waals surface area contributed by atoms with Gasteiger partial charge in [0.2, 0.25) is 11.8 Å². The van der Waals surface area contributed by atoms with Crippen molar-refractivity contribution in [3.63, 3.8) is 0 Å². The molecule has 3 aliphatic heterocycles. The average molecular weight is 824 g/mol. The maximum Gasteiger partial charge on any atom is 0.332 e. The fourth-order valence-corrected chi connectivity index (χ4v) is 10.6. The molecule has 1 aromatic heterocycles. The first kappa shape index (κ1) is 39.3. The summed E-state index contributed by atoms with van der Waals surface area (Å²) in [6, 6.07) is 20.1. The summed E-state index contributed by atoms with van der Waals surface area (Å²) in [6.45, 7) is -2.35. The van der Waals surface area contributed by atoms with Gasteiger partial charge in [-0.1, -0.05) is 89.9 Å². The normalized spacial score (nSPS) is 27.0. The minimum atomic E-state index is -1.95. The van der Waals surface area contributed by atoms with Gasteiger partial charge in [0.25, 0.3) is 0 Å². The van der Waals surface area contributed by atoms with E-state index in [9.17, 15) is 15.0 Å². The lowest BCUT2D eigenvalue weighted by Gasteiger charge is -2.63. The van der Waals surface area contributed by atoms with Crippen LogP contribution in [0.4, 0.5) is 18.9 Å². The number of amides is 2. The summed E-state index contributed by atoms with van der Waals surface area (Å²) in [4.78, 5) is 48.1. The van der Waals surface area contributed by atoms with Crippen LogP contribution in [0.3, 0.4) is 0 Å². The minimum absolute atomic E-state index is 0.0893. The number of aromatic nitrogens is 1. The third kappa shape index (κ3) is 6.12. The van der Waals surface area contributed by atoms with Crippen molar-refractivity contribution in [3.05, 3.63) is 129 Å². The number of aliphatic hydroxyl groups excluding tert-OH is 1. The second-order valence-corrected chi connectivity index (χ2v) is 16.4. The number of nitrogens with one attached hydrogen (secondary N) is 2. The van der Waals surface area contributed by atoms with Crippen LogP contribution in [-0.2, 0) is 24.5 Å². The molecule has 3 fully saturated rings. The Labute approximate surface area is 336 Å². The molecular weight excluding hydrogens is 784 g/mol. The number of likely N-dealkylation sites (tertiary alicyclic amines) is 1. The number of hydrogen-bond donors (Lipinski definition) is 4. The van der Waals surface area contributed by atoms with Crippen molar-refractivity contribution in [3.8, 4) is 0 Å². The first-order valence-electron chi connectivity index (χ1n) is 18.7. The van der Waals surface area contributed by atoms with Crippen molar-refractivity contribution in [1.29, 1.82) is 0 Å². The van der Waals surface area contributed by atoms with Crippen molar-refractivity contribution in [2.45, 2.75) is 72.9 Å². The molecule has 8 rings (SSSR count). The number of benzene rings is 3. The second kappa shape index (κ2) is 15.0. The Morgan fingerprint density at radius 3 is 2.26 bits per heavy atom. The Morgan fingerprint density at radius 2 is 1.65 bits per heavy atom. The van der Waals surface area contributed by atoms with Gasteiger partial charge < -0.3 is 25.6 Å². The van der Waals surface area contributed by atoms with Crippen LogP contribution >= 0.6 is 23.2 Å². The number of ether oxygens (including phenoxy) is 1. The summed E-state index contributed by atoms with van der Waals surface area (Å²) in [6.07, 6.45) is -1.52. The van der Waals surface area contributed by atoms with Crippen LogP contribution < -0.4 is 10.6 Å². The van der Waals surface area contributed by atoms with Crippen LogP contribution in [0.15, 0.2) is 91.1 Å². The molecule has 1 saturated carbocycles. The van der Waals surface area contributed by atoms with Gasteiger partial charge in [0.1, 0.15) is 5.41 Å². The van der Waals surface area contributed by atoms with Gasteiger partial charge in [0.15, 0.2) is 17.1 Å². The molecule has 298 valence electrons. The number of aliphatic hydroxyl groups is 1. The van der Waals surface area contributed by atoms with E-state index in [0.717, 1.165) is 0 Å². The van der Waals surface area contributed by atoms with Crippen molar-refractivity contribution in [2.75, 3.05) is 25.3 Å². The molecule has 2 amide bonds. The highest BCUT2D eigenvalue weighted by Crippen LogP contribution is 2.74. The predicted molar refractivity (Wildman–Crippen MR) is 205 cm³/mol. The number of nitrogens with zero attached hydrogens (tertiary/aromatic N) is 2. The number of carboxylic acid groups (broad SMARTS) is 1. The number of rotatable bonds is 10. The molecular formula is C42H39Cl2F3N4O6. The highest BCUT2D eigenvalue weighted by molar-refractivity contribution is 6.31. The quantitative estimate of drug-likeness (QED) is 0.127. The summed E-state index contributed by atoms with van der Waals surface area (Å²) >= 11 is 12.8. The summed E-state index contributed by atoms with van der Waals surface area (Å²) in [5.41, 5.74) is -3.81. The number of carbonyl (C=O) groups excluding carboxylic acids is 2. The topological polar surface area (TPSA) is 141 Å². The molecule has 7 atom stereocenters. The van der Waals surface area contributed by atoms with Gasteiger partial charge in [-0.15, -0.1) is 0 Å². The number of anilines is 1. The number of pyridine rings is 1. The van der Waals surface area contributed by atoms with Crippen molar-refractivity contribution in [2.24, 2.45) is 5.41 Å². The molecule has 2 saturated heterocycles. The maximum atomic E-state index is 16.9. The molecule has 15 heteroatoms. The van der Waals surface area contributed by atoms with E-state index in [1.807, 2.05) is 0 Å². The van der Waals surface area contributed by atoms with E-state index in [2.05, 4.69) is 15.6 Å². The van der Waals surface area contributed by atoms with Crippen LogP contribution in [0.5, 0.6) is 0 Å². The monoisotopic (exact) mass is 822 g/mol. The van der Waals surface area contributed by atoms with Gasteiger partial charge in [0.05, 0.1) is 44.2 Å². The Morgan fingerprint density at radius 1 is 0.982 bits per heavy atom. The van der Waals surface area contributed by atoms with Crippen LogP contribution in [0.1, 0.15) is 66.0 Å². The lowest BCUT2D eigenvalue weighted by atomic mass is 9.45. The van der Waals surface area contributed by atoms with Gasteiger partial charge in [0, 0.05) is 33.8 Å². The molecule has 0 bridgehead atoms. The Balaban J connectivity index is 1.44. The molecule has 57 heavy (non-hydrogen) atoms. The number of fused-ring (bicyclic) bond motifs is 3. The number of halogens is 5. The number of carbonyl (C=O) groups is 3. The zero-order valence-electron chi connectivity index (χ0n) is 30.4. The van der Waals surface area contributed by atoms with Gasteiger partial charge in [-0.2, -0.15) is 0 Å². The standard InChI is InChI=1S/C42H39Cl2F3N4O6/c43-25-11-13-28-29(17-25)50-39(56)42(28)31(27-15-16-48-36(44)32(27)47)34(37(53)49-26-12-14-30(38(54)55)57-18-26)51(41(42)19-40(20-41,21-45)22-46)33(23-7-3-1-4-8-23)35(52)24-9-5-2-6-10-24/h1-11,13,15-17,26,30-31,33-35,52H,12,14,18-22H2,(H,49,53)(H,50,56)(H,54,55)/t26-,30+,31+,33-,34-,35+,42?/m1/s1. The van der Waals surface area contributed by atoms with Gasteiger partial charge in [-0.3, -0.25) is 23.3 Å². The minimum Gasteiger partial charge on any atom is -0.479 e. The summed E-state index contributed by atoms with van der Waals surface area (Å²) in [5, 5.41) is 27.9. The first-order chi connectivity index (χ1) is 27.4. The third-order valence-corrected chi connectivity index (χ3v) is 13.0. The maximum absolute atomic E-state index is 16.9. The SMILES string of the molecule is O=C(O)[C@@H]1CC[C@@H](NC(=O)[C@H]2[C@H](c3ccnc(Cl)c3F)C3(C(=O)Nc4cc(Cl)ccc43)C3(CC(CF)(CF)C3)N2[C@H](c2ccccc2)[C@@H](O)c2ccccc2)CO1. The molecule has 1 aliphatic carbocycles. The lowest BCUT2D eigenvalue weighted by Crippen LogP contribution is -2.72. The Bertz CT molecular complexity index is 2180. The summed E-state index contributed by atoms with van der Waals surface area (Å²) in [5.74, 6) is -4.96. The van der Waals surface area contributed by atoms with Crippen LogP contribution in [0.25, 0.3) is 0 Å². The van der Waals surface area contributed by atoms with Crippen molar-refractivity contribution in [1.82, 2.24) is 15.2 Å². The zero-order valence-corrected chi connectivity index (χ0v) is 31.9. The van der Waals surface area contributed by atoms with Crippen molar-refractivity contribution >= 4 is 46.7 Å². The van der Waals surface area contributed by atoms with Crippen LogP contribution in [0, 0.1) is 11.2 Å². The smallest absolute Gasteiger partial charge is 0.332 e. The zero-order chi connectivity index (χ0) is 40.3. The van der Waals surface area contributed by atoms with Gasteiger partial charge in [-0.25, -0.2) is 14.2 Å². The van der Waals surface area contributed by atoms with E-state index in [-0.39, 0.29) is 48.6 Å². The molecule has 4 heterocycles. The van der Waals surface area contributed by atoms with E-state index >= 15 is 22.8 Å². The third-order valence-electron chi connectivity index (χ3n) is 12.5. The number of hydrogen-bond acceptors (Lipinski definition) is 7. The second-order valence-electron chi connectivity index (χ2n) is 15.6. The molecule has 4 aliphatic rings. The number of alkyl halides is 2. The Kier molecular flexibility index (Phi) is 10.3. The van der Waals surface area contributed by atoms with Gasteiger partial charge >= 0.3 is 5.97 Å². The molecule has 10 nitrogen and oxygen atoms in total. The molecule has 4 N–H and O–H groups in total. The largest absolute Gasteiger partial charge is 0.479 e. The van der Waals surface area contributed by atoms with Crippen LogP contribution in [0.2, 0.25) is 10.2 Å². The first-order valence-corrected chi connectivity index (χ1v) is 19.4.